The van der Waals surface area contributed by atoms with Crippen LogP contribution in [-0.4, -0.2) is 33.2 Å². The Morgan fingerprint density at radius 3 is 2.71 bits per heavy atom. The Hall–Kier alpha value is -2.58. The van der Waals surface area contributed by atoms with Crippen LogP contribution >= 0.6 is 0 Å². The lowest BCUT2D eigenvalue weighted by molar-refractivity contribution is 0.0675. The summed E-state index contributed by atoms with van der Waals surface area (Å²) in [7, 11) is 1.30. The second-order valence-corrected chi connectivity index (χ2v) is 4.06. The van der Waals surface area contributed by atoms with Crippen molar-refractivity contribution in [1.29, 1.82) is 0 Å². The number of benzene rings is 1. The van der Waals surface area contributed by atoms with Crippen LogP contribution in [0, 0.1) is 5.82 Å². The van der Waals surface area contributed by atoms with E-state index in [-0.39, 0.29) is 12.3 Å². The first-order valence-electron chi connectivity index (χ1n) is 5.71. The Morgan fingerprint density at radius 2 is 2.19 bits per heavy atom. The molecule has 0 saturated carbocycles. The quantitative estimate of drug-likeness (QED) is 0.915. The molecule has 2 rings (SSSR count). The largest absolute Gasteiger partial charge is 0.494 e. The lowest BCUT2D eigenvalue weighted by Gasteiger charge is -2.08. The number of ether oxygens (including phenoxy) is 1. The highest BCUT2D eigenvalue weighted by atomic mass is 19.3. The van der Waals surface area contributed by atoms with Crippen LogP contribution in [0.15, 0.2) is 18.2 Å². The summed E-state index contributed by atoms with van der Waals surface area (Å²) in [6.07, 6.45) is -3.06. The topological polar surface area (TPSA) is 77.2 Å². The van der Waals surface area contributed by atoms with Gasteiger partial charge in [-0.15, -0.1) is 5.10 Å². The van der Waals surface area contributed by atoms with Crippen LogP contribution in [0.25, 0.3) is 0 Å². The summed E-state index contributed by atoms with van der Waals surface area (Å²) in [5, 5.41) is 15.4. The fraction of sp³-hybridized carbons (Fsp3) is 0.250. The van der Waals surface area contributed by atoms with Gasteiger partial charge in [-0.25, -0.2) is 22.6 Å². The van der Waals surface area contributed by atoms with E-state index in [1.165, 1.54) is 19.2 Å². The predicted molar refractivity (Wildman–Crippen MR) is 64.0 cm³/mol. The van der Waals surface area contributed by atoms with Gasteiger partial charge in [0.15, 0.2) is 17.3 Å². The van der Waals surface area contributed by atoms with E-state index in [0.717, 1.165) is 10.7 Å². The molecule has 6 nitrogen and oxygen atoms in total. The summed E-state index contributed by atoms with van der Waals surface area (Å²) in [4.78, 5) is 10.8. The van der Waals surface area contributed by atoms with Crippen molar-refractivity contribution in [3.8, 4) is 5.75 Å². The number of rotatable bonds is 5. The summed E-state index contributed by atoms with van der Waals surface area (Å²) >= 11 is 0. The van der Waals surface area contributed by atoms with Crippen molar-refractivity contribution in [1.82, 2.24) is 15.0 Å². The number of aromatic nitrogens is 3. The third kappa shape index (κ3) is 2.96. The second-order valence-electron chi connectivity index (χ2n) is 4.06. The summed E-state index contributed by atoms with van der Waals surface area (Å²) in [5.74, 6) is -2.25. The minimum absolute atomic E-state index is 0.0117. The zero-order valence-corrected chi connectivity index (χ0v) is 10.8. The molecule has 0 spiro atoms. The average molecular weight is 301 g/mol. The summed E-state index contributed by atoms with van der Waals surface area (Å²) in [6.45, 7) is -0.235. The SMILES string of the molecule is COc1ccc(Cn2nnc(C(=O)O)c2C(F)F)cc1F. The van der Waals surface area contributed by atoms with Gasteiger partial charge in [0.25, 0.3) is 6.43 Å². The highest BCUT2D eigenvalue weighted by molar-refractivity contribution is 5.86. The maximum Gasteiger partial charge on any atom is 0.358 e. The molecular weight excluding hydrogens is 291 g/mol. The Labute approximate surface area is 116 Å². The molecule has 21 heavy (non-hydrogen) atoms. The maximum atomic E-state index is 13.5. The van der Waals surface area contributed by atoms with Crippen molar-refractivity contribution >= 4 is 5.97 Å². The van der Waals surface area contributed by atoms with Gasteiger partial charge < -0.3 is 9.84 Å². The smallest absolute Gasteiger partial charge is 0.358 e. The standard InChI is InChI=1S/C12H10F3N3O3/c1-21-8-3-2-6(4-7(8)13)5-18-10(11(14)15)9(12(19)20)16-17-18/h2-4,11H,5H2,1H3,(H,19,20). The van der Waals surface area contributed by atoms with Gasteiger partial charge in [0.05, 0.1) is 13.7 Å². The number of hydrogen-bond acceptors (Lipinski definition) is 4. The van der Waals surface area contributed by atoms with E-state index in [2.05, 4.69) is 10.3 Å². The maximum absolute atomic E-state index is 13.5. The first kappa shape index (κ1) is 14.8. The molecule has 1 heterocycles. The van der Waals surface area contributed by atoms with Crippen LogP contribution in [0.1, 0.15) is 28.2 Å². The van der Waals surface area contributed by atoms with E-state index in [1.807, 2.05) is 0 Å². The van der Waals surface area contributed by atoms with Gasteiger partial charge in [0, 0.05) is 0 Å². The van der Waals surface area contributed by atoms with E-state index < -0.39 is 29.6 Å². The highest BCUT2D eigenvalue weighted by Crippen LogP contribution is 2.23. The molecule has 2 aromatic rings. The number of hydrogen-bond donors (Lipinski definition) is 1. The van der Waals surface area contributed by atoms with Crippen molar-refractivity contribution in [3.05, 3.63) is 41.0 Å². The van der Waals surface area contributed by atoms with Crippen molar-refractivity contribution in [3.63, 3.8) is 0 Å². The van der Waals surface area contributed by atoms with Gasteiger partial charge in [-0.3, -0.25) is 0 Å². The molecule has 0 aliphatic heterocycles. The number of carbonyl (C=O) groups is 1. The van der Waals surface area contributed by atoms with Crippen molar-refractivity contribution < 1.29 is 27.8 Å². The van der Waals surface area contributed by atoms with Gasteiger partial charge in [-0.1, -0.05) is 11.3 Å². The number of alkyl halides is 2. The van der Waals surface area contributed by atoms with Crippen LogP contribution in [-0.2, 0) is 6.54 Å². The minimum Gasteiger partial charge on any atom is -0.494 e. The third-order valence-electron chi connectivity index (χ3n) is 2.73. The Kier molecular flexibility index (Phi) is 4.10. The molecule has 0 saturated heterocycles. The number of methoxy groups -OCH3 is 1. The number of carboxylic acid groups (broad SMARTS) is 1. The highest BCUT2D eigenvalue weighted by Gasteiger charge is 2.26. The molecule has 1 aromatic heterocycles. The molecule has 9 heteroatoms. The summed E-state index contributed by atoms with van der Waals surface area (Å²) < 4.78 is 44.9. The molecule has 0 bridgehead atoms. The van der Waals surface area contributed by atoms with Crippen LogP contribution in [0.2, 0.25) is 0 Å². The predicted octanol–water partition coefficient (Wildman–Crippen LogP) is 2.11. The molecule has 0 atom stereocenters. The van der Waals surface area contributed by atoms with E-state index >= 15 is 0 Å². The molecule has 112 valence electrons. The summed E-state index contributed by atoms with van der Waals surface area (Å²) in [6, 6.07) is 3.89. The molecule has 0 fully saturated rings. The Morgan fingerprint density at radius 1 is 1.48 bits per heavy atom. The van der Waals surface area contributed by atoms with Crippen LogP contribution in [0.5, 0.6) is 5.75 Å². The molecule has 0 amide bonds. The molecule has 0 aliphatic rings. The molecule has 0 unspecified atom stereocenters. The molecule has 1 N–H and O–H groups in total. The summed E-state index contributed by atoms with van der Waals surface area (Å²) in [5.41, 5.74) is -1.32. The lowest BCUT2D eigenvalue weighted by atomic mass is 10.2. The van der Waals surface area contributed by atoms with E-state index in [1.54, 1.807) is 0 Å². The van der Waals surface area contributed by atoms with Crippen molar-refractivity contribution in [2.75, 3.05) is 7.11 Å². The van der Waals surface area contributed by atoms with E-state index in [9.17, 15) is 18.0 Å². The van der Waals surface area contributed by atoms with Crippen molar-refractivity contribution in [2.24, 2.45) is 0 Å². The number of nitrogens with zero attached hydrogens (tertiary/aromatic N) is 3. The first-order chi connectivity index (χ1) is 9.93. The fourth-order valence-corrected chi connectivity index (χ4v) is 1.79. The molecular formula is C12H10F3N3O3. The second kappa shape index (κ2) is 5.81. The zero-order valence-electron chi connectivity index (χ0n) is 10.8. The average Bonchev–Trinajstić information content (AvgIpc) is 2.83. The van der Waals surface area contributed by atoms with Crippen LogP contribution in [0.4, 0.5) is 13.2 Å². The van der Waals surface area contributed by atoms with E-state index in [4.69, 9.17) is 9.84 Å². The number of halogens is 3. The van der Waals surface area contributed by atoms with Gasteiger partial charge in [-0.2, -0.15) is 0 Å². The Balaban J connectivity index is 2.35. The fourth-order valence-electron chi connectivity index (χ4n) is 1.79. The number of aromatic carboxylic acids is 1. The normalized spacial score (nSPS) is 10.9. The minimum atomic E-state index is -3.06. The molecule has 0 radical (unpaired) electrons. The first-order valence-corrected chi connectivity index (χ1v) is 5.71. The lowest BCUT2D eigenvalue weighted by Crippen LogP contribution is -2.10. The van der Waals surface area contributed by atoms with Gasteiger partial charge in [0.2, 0.25) is 0 Å². The van der Waals surface area contributed by atoms with Crippen LogP contribution in [0.3, 0.4) is 0 Å². The monoisotopic (exact) mass is 301 g/mol. The zero-order chi connectivity index (χ0) is 15.6. The van der Waals surface area contributed by atoms with Crippen LogP contribution < -0.4 is 4.74 Å². The van der Waals surface area contributed by atoms with Crippen molar-refractivity contribution in [2.45, 2.75) is 13.0 Å². The number of carboxylic acids is 1. The third-order valence-corrected chi connectivity index (χ3v) is 2.73. The van der Waals surface area contributed by atoms with Gasteiger partial charge in [0.1, 0.15) is 5.69 Å². The van der Waals surface area contributed by atoms with Gasteiger partial charge in [-0.05, 0) is 17.7 Å². The Bertz CT molecular complexity index is 673. The molecule has 0 aliphatic carbocycles. The van der Waals surface area contributed by atoms with E-state index in [0.29, 0.717) is 5.56 Å². The van der Waals surface area contributed by atoms with Gasteiger partial charge >= 0.3 is 5.97 Å². The molecule has 1 aromatic carbocycles.